The van der Waals surface area contributed by atoms with Crippen molar-refractivity contribution in [3.63, 3.8) is 0 Å². The van der Waals surface area contributed by atoms with E-state index >= 15 is 0 Å². The molecule has 1 heterocycles. The minimum absolute atomic E-state index is 0.581. The van der Waals surface area contributed by atoms with Crippen molar-refractivity contribution in [1.29, 1.82) is 0 Å². The molecule has 5 nitrogen and oxygen atoms in total. The number of hydrogen-bond acceptors (Lipinski definition) is 5. The summed E-state index contributed by atoms with van der Waals surface area (Å²) < 4.78 is 10.9. The van der Waals surface area contributed by atoms with E-state index < -0.39 is 0 Å². The molecule has 0 atom stereocenters. The Balaban J connectivity index is 1.26. The highest BCUT2D eigenvalue weighted by Gasteiger charge is 2.04. The molecule has 3 aromatic rings. The number of ether oxygens (including phenoxy) is 2. The second-order valence-corrected chi connectivity index (χ2v) is 6.94. The first-order chi connectivity index (χ1) is 13.8. The van der Waals surface area contributed by atoms with Crippen molar-refractivity contribution < 1.29 is 9.47 Å². The lowest BCUT2D eigenvalue weighted by molar-refractivity contribution is 0.303. The third-order valence-corrected chi connectivity index (χ3v) is 4.80. The van der Waals surface area contributed by atoms with E-state index in [4.69, 9.17) is 15.2 Å². The number of unbranched alkanes of at least 4 members (excludes halogenated alkanes) is 5. The number of nitrogens with two attached hydrogens (primary N) is 1. The Morgan fingerprint density at radius 3 is 2.25 bits per heavy atom. The van der Waals surface area contributed by atoms with Crippen LogP contribution in [0.5, 0.6) is 11.5 Å². The van der Waals surface area contributed by atoms with Crippen molar-refractivity contribution in [3.05, 3.63) is 54.4 Å². The highest BCUT2D eigenvalue weighted by molar-refractivity contribution is 5.87. The van der Waals surface area contributed by atoms with E-state index in [1.165, 1.54) is 25.7 Å². The van der Waals surface area contributed by atoms with Crippen LogP contribution in [0.3, 0.4) is 0 Å². The third-order valence-electron chi connectivity index (χ3n) is 4.80. The monoisotopic (exact) mass is 379 g/mol. The second-order valence-electron chi connectivity index (χ2n) is 6.94. The predicted molar refractivity (Wildman–Crippen MR) is 114 cm³/mol. The second kappa shape index (κ2) is 10.5. The number of aryl methyl sites for hydroxylation is 1. The molecule has 148 valence electrons. The third kappa shape index (κ3) is 5.84. The maximum Gasteiger partial charge on any atom is 0.135 e. The van der Waals surface area contributed by atoms with Crippen LogP contribution in [0, 0.1) is 0 Å². The smallest absolute Gasteiger partial charge is 0.135 e. The van der Waals surface area contributed by atoms with Crippen LogP contribution in [-0.4, -0.2) is 23.7 Å². The fraction of sp³-hybridized carbons (Fsp3) is 0.391. The molecule has 0 aliphatic carbocycles. The Hall–Kier alpha value is -2.82. The molecule has 0 saturated heterocycles. The summed E-state index contributed by atoms with van der Waals surface area (Å²) >= 11 is 0. The van der Waals surface area contributed by atoms with E-state index in [0.717, 1.165) is 54.1 Å². The minimum Gasteiger partial charge on any atom is -0.497 e. The van der Waals surface area contributed by atoms with E-state index in [2.05, 4.69) is 9.97 Å². The van der Waals surface area contributed by atoms with Crippen LogP contribution in [0.4, 0.5) is 5.82 Å². The summed E-state index contributed by atoms with van der Waals surface area (Å²) in [6.45, 7) is 0.760. The van der Waals surface area contributed by atoms with Gasteiger partial charge in [-0.2, -0.15) is 0 Å². The van der Waals surface area contributed by atoms with Gasteiger partial charge in [-0.1, -0.05) is 37.8 Å². The number of anilines is 1. The van der Waals surface area contributed by atoms with Crippen LogP contribution in [-0.2, 0) is 6.42 Å². The molecule has 28 heavy (non-hydrogen) atoms. The molecule has 0 bridgehead atoms. The molecular formula is C23H29N3O2. The zero-order chi connectivity index (χ0) is 19.6. The van der Waals surface area contributed by atoms with Gasteiger partial charge in [0.15, 0.2) is 0 Å². The Bertz CT molecular complexity index is 865. The summed E-state index contributed by atoms with van der Waals surface area (Å²) in [6, 6.07) is 15.6. The standard InChI is InChI=1S/C23H29N3O2/c1-27-18-13-15-19(16-14-18)28-17-9-5-3-2-4-6-12-22-25-21-11-8-7-10-20(21)23(24)26-22/h7-8,10-11,13-16H,2-6,9,12,17H2,1H3,(H2,24,25,26). The molecule has 2 N–H and O–H groups in total. The first kappa shape index (κ1) is 19.9. The lowest BCUT2D eigenvalue weighted by Crippen LogP contribution is -2.01. The molecule has 3 rings (SSSR count). The van der Waals surface area contributed by atoms with Gasteiger partial charge in [0, 0.05) is 11.8 Å². The number of nitrogens with zero attached hydrogens (tertiary/aromatic N) is 2. The SMILES string of the molecule is COc1ccc(OCCCCCCCCc2nc(N)c3ccccc3n2)cc1. The van der Waals surface area contributed by atoms with E-state index in [1.54, 1.807) is 7.11 Å². The molecular weight excluding hydrogens is 350 g/mol. The number of hydrogen-bond donors (Lipinski definition) is 1. The quantitative estimate of drug-likeness (QED) is 0.465. The number of nitrogen functional groups attached to an aromatic ring is 1. The van der Waals surface area contributed by atoms with Crippen molar-refractivity contribution >= 4 is 16.7 Å². The van der Waals surface area contributed by atoms with Crippen molar-refractivity contribution in [2.75, 3.05) is 19.5 Å². The molecule has 0 saturated carbocycles. The van der Waals surface area contributed by atoms with Gasteiger partial charge >= 0.3 is 0 Å². The number of methoxy groups -OCH3 is 1. The lowest BCUT2D eigenvalue weighted by atomic mass is 10.1. The van der Waals surface area contributed by atoms with Gasteiger partial charge in [-0.3, -0.25) is 0 Å². The van der Waals surface area contributed by atoms with Gasteiger partial charge in [-0.05, 0) is 49.2 Å². The molecule has 0 spiro atoms. The summed E-state index contributed by atoms with van der Waals surface area (Å²) in [7, 11) is 1.67. The van der Waals surface area contributed by atoms with E-state index in [9.17, 15) is 0 Å². The molecule has 1 aromatic heterocycles. The number of aromatic nitrogens is 2. The Morgan fingerprint density at radius 2 is 1.46 bits per heavy atom. The fourth-order valence-corrected chi connectivity index (χ4v) is 3.22. The van der Waals surface area contributed by atoms with Crippen LogP contribution < -0.4 is 15.2 Å². The number of rotatable bonds is 11. The van der Waals surface area contributed by atoms with Crippen molar-refractivity contribution in [3.8, 4) is 11.5 Å². The highest BCUT2D eigenvalue weighted by atomic mass is 16.5. The molecule has 2 aromatic carbocycles. The van der Waals surface area contributed by atoms with Crippen LogP contribution in [0.25, 0.3) is 10.9 Å². The molecule has 0 aliphatic heterocycles. The predicted octanol–water partition coefficient (Wildman–Crippen LogP) is 5.18. The Kier molecular flexibility index (Phi) is 7.47. The van der Waals surface area contributed by atoms with Gasteiger partial charge in [-0.25, -0.2) is 9.97 Å². The molecule has 0 unspecified atom stereocenters. The van der Waals surface area contributed by atoms with Crippen molar-refractivity contribution in [2.45, 2.75) is 44.9 Å². The molecule has 0 aliphatic rings. The van der Waals surface area contributed by atoms with E-state index in [1.807, 2.05) is 48.5 Å². The van der Waals surface area contributed by atoms with Gasteiger partial charge in [0.05, 0.1) is 19.2 Å². The number of fused-ring (bicyclic) bond motifs is 1. The highest BCUT2D eigenvalue weighted by Crippen LogP contribution is 2.19. The van der Waals surface area contributed by atoms with Gasteiger partial charge in [0.2, 0.25) is 0 Å². The maximum atomic E-state index is 6.04. The summed E-state index contributed by atoms with van der Waals surface area (Å²) in [5.74, 6) is 3.18. The van der Waals surface area contributed by atoms with Crippen molar-refractivity contribution in [1.82, 2.24) is 9.97 Å². The Labute approximate surface area is 166 Å². The zero-order valence-electron chi connectivity index (χ0n) is 16.6. The average molecular weight is 380 g/mol. The van der Waals surface area contributed by atoms with Gasteiger partial charge in [-0.15, -0.1) is 0 Å². The van der Waals surface area contributed by atoms with Crippen LogP contribution in [0.1, 0.15) is 44.3 Å². The first-order valence-corrected chi connectivity index (χ1v) is 10.0. The van der Waals surface area contributed by atoms with Gasteiger partial charge < -0.3 is 15.2 Å². The van der Waals surface area contributed by atoms with Gasteiger partial charge in [0.25, 0.3) is 0 Å². The molecule has 0 amide bonds. The summed E-state index contributed by atoms with van der Waals surface area (Å²) in [5, 5.41) is 0.933. The largest absolute Gasteiger partial charge is 0.497 e. The minimum atomic E-state index is 0.581. The topological polar surface area (TPSA) is 70.3 Å². The van der Waals surface area contributed by atoms with E-state index in [-0.39, 0.29) is 0 Å². The van der Waals surface area contributed by atoms with E-state index in [0.29, 0.717) is 5.82 Å². The zero-order valence-corrected chi connectivity index (χ0v) is 16.6. The summed E-state index contributed by atoms with van der Waals surface area (Å²) in [4.78, 5) is 9.06. The molecule has 0 fully saturated rings. The average Bonchev–Trinajstić information content (AvgIpc) is 2.73. The summed E-state index contributed by atoms with van der Waals surface area (Å²) in [6.07, 6.45) is 7.90. The van der Waals surface area contributed by atoms with Crippen LogP contribution in [0.2, 0.25) is 0 Å². The van der Waals surface area contributed by atoms with Gasteiger partial charge in [0.1, 0.15) is 23.1 Å². The number of benzene rings is 2. The van der Waals surface area contributed by atoms with Crippen LogP contribution in [0.15, 0.2) is 48.5 Å². The number of para-hydroxylation sites is 1. The lowest BCUT2D eigenvalue weighted by Gasteiger charge is -2.07. The molecule has 0 radical (unpaired) electrons. The normalized spacial score (nSPS) is 10.9. The maximum absolute atomic E-state index is 6.04. The molecule has 5 heteroatoms. The first-order valence-electron chi connectivity index (χ1n) is 10.0. The van der Waals surface area contributed by atoms with Crippen molar-refractivity contribution in [2.24, 2.45) is 0 Å². The summed E-state index contributed by atoms with van der Waals surface area (Å²) in [5.41, 5.74) is 6.98. The Morgan fingerprint density at radius 1 is 0.786 bits per heavy atom. The van der Waals surface area contributed by atoms with Crippen LogP contribution >= 0.6 is 0 Å². The fourth-order valence-electron chi connectivity index (χ4n) is 3.22.